The van der Waals surface area contributed by atoms with E-state index in [0.717, 1.165) is 11.7 Å². The van der Waals surface area contributed by atoms with Crippen LogP contribution in [-0.2, 0) is 0 Å². The van der Waals surface area contributed by atoms with Crippen LogP contribution >= 0.6 is 34.4 Å². The number of nitrogen functional groups attached to an aromatic ring is 2. The number of nitrogens with two attached hydrogens (primary N) is 2. The van der Waals surface area contributed by atoms with Gasteiger partial charge in [0.05, 0.1) is 23.1 Å². The van der Waals surface area contributed by atoms with Crippen LogP contribution in [0.2, 0.25) is 0 Å². The predicted molar refractivity (Wildman–Crippen MR) is 157 cm³/mol. The number of alkyl halides is 6. The molecule has 4 N–H and O–H groups in total. The quantitative estimate of drug-likeness (QED) is 0.138. The summed E-state index contributed by atoms with van der Waals surface area (Å²) in [4.78, 5) is 2.18. The molecule has 3 aromatic carbocycles. The van der Waals surface area contributed by atoms with Crippen LogP contribution in [0, 0.1) is 0 Å². The van der Waals surface area contributed by atoms with Crippen molar-refractivity contribution in [3.05, 3.63) is 72.8 Å². The van der Waals surface area contributed by atoms with Gasteiger partial charge in [-0.25, -0.2) is 0 Å². The monoisotopic (exact) mass is 650 g/mol. The van der Waals surface area contributed by atoms with E-state index in [4.69, 9.17) is 11.5 Å². The van der Waals surface area contributed by atoms with Crippen LogP contribution in [0.5, 0.6) is 11.5 Å². The Hall–Kier alpha value is -4.34. The fourth-order valence-corrected chi connectivity index (χ4v) is 7.29. The number of hydrogen-bond donors (Lipinski definition) is 2. The van der Waals surface area contributed by atoms with Gasteiger partial charge in [0.2, 0.25) is 0 Å². The van der Waals surface area contributed by atoms with Gasteiger partial charge in [-0.05, 0) is 48.5 Å². The van der Waals surface area contributed by atoms with Gasteiger partial charge in [0.1, 0.15) is 22.5 Å². The van der Waals surface area contributed by atoms with Gasteiger partial charge in [-0.3, -0.25) is 0 Å². The molecule has 0 spiro atoms. The van der Waals surface area contributed by atoms with E-state index >= 15 is 0 Å². The number of benzene rings is 3. The zero-order valence-corrected chi connectivity index (χ0v) is 23.7. The zero-order chi connectivity index (χ0) is 30.5. The minimum atomic E-state index is -4.86. The topological polar surface area (TPSA) is 96.3 Å². The third-order valence-corrected chi connectivity index (χ3v) is 9.05. The maximum atomic E-state index is 13.0. The molecule has 0 saturated heterocycles. The summed E-state index contributed by atoms with van der Waals surface area (Å²) >= 11 is 3.28. The number of thiophene rings is 2. The second kappa shape index (κ2) is 10.7. The van der Waals surface area contributed by atoms with E-state index in [2.05, 4.69) is 18.2 Å². The standard InChI is InChI=1S/C28H16F6N4O2S3/c29-27(30,31)39-15-7-3-1-5-13(15)17-9-11-19(41-17)21-23(35)24(36)22(26-25(21)37-43-38-26)20-12-10-18(42-20)14-6-2-4-8-16(14)40-28(32,33)34/h1-12H,35-36H2. The van der Waals surface area contributed by atoms with Crippen molar-refractivity contribution < 1.29 is 35.8 Å². The van der Waals surface area contributed by atoms with Crippen LogP contribution < -0.4 is 20.9 Å². The van der Waals surface area contributed by atoms with Crippen molar-refractivity contribution in [2.75, 3.05) is 11.5 Å². The molecule has 220 valence electrons. The third kappa shape index (κ3) is 5.70. The average Bonchev–Trinajstić information content (AvgIpc) is 3.70. The number of para-hydroxylation sites is 2. The number of anilines is 2. The highest BCUT2D eigenvalue weighted by Crippen LogP contribution is 2.50. The van der Waals surface area contributed by atoms with Gasteiger partial charge in [0, 0.05) is 41.8 Å². The predicted octanol–water partition coefficient (Wildman–Crippen LogP) is 9.44. The molecular weight excluding hydrogens is 635 g/mol. The lowest BCUT2D eigenvalue weighted by Crippen LogP contribution is -2.17. The number of fused-ring (bicyclic) bond motifs is 1. The maximum absolute atomic E-state index is 13.0. The Morgan fingerprint density at radius 1 is 0.535 bits per heavy atom. The first-order valence-corrected chi connectivity index (χ1v) is 14.5. The molecule has 15 heteroatoms. The van der Waals surface area contributed by atoms with Crippen LogP contribution in [0.1, 0.15) is 0 Å². The fourth-order valence-electron chi connectivity index (χ4n) is 4.54. The highest BCUT2D eigenvalue weighted by Gasteiger charge is 2.33. The number of nitrogens with zero attached hydrogens (tertiary/aromatic N) is 2. The zero-order valence-electron chi connectivity index (χ0n) is 21.3. The maximum Gasteiger partial charge on any atom is 0.573 e. The summed E-state index contributed by atoms with van der Waals surface area (Å²) in [5, 5.41) is 0. The van der Waals surface area contributed by atoms with Gasteiger partial charge in [-0.15, -0.1) is 49.0 Å². The Bertz CT molecular complexity index is 1820. The largest absolute Gasteiger partial charge is 0.573 e. The number of rotatable bonds is 6. The number of hydrogen-bond acceptors (Lipinski definition) is 9. The van der Waals surface area contributed by atoms with Gasteiger partial charge in [0.15, 0.2) is 0 Å². The van der Waals surface area contributed by atoms with Crippen LogP contribution in [0.15, 0.2) is 72.8 Å². The van der Waals surface area contributed by atoms with E-state index in [9.17, 15) is 26.3 Å². The summed E-state index contributed by atoms with van der Waals surface area (Å²) in [5.74, 6) is -0.690. The van der Waals surface area contributed by atoms with E-state index in [-0.39, 0.29) is 34.0 Å². The normalized spacial score (nSPS) is 12.1. The lowest BCUT2D eigenvalue weighted by molar-refractivity contribution is -0.275. The molecule has 0 atom stereocenters. The molecule has 6 aromatic rings. The molecule has 0 saturated carbocycles. The van der Waals surface area contributed by atoms with Crippen LogP contribution in [-0.4, -0.2) is 21.5 Å². The lowest BCUT2D eigenvalue weighted by Gasteiger charge is -2.13. The van der Waals surface area contributed by atoms with Crippen molar-refractivity contribution in [3.63, 3.8) is 0 Å². The molecule has 0 aliphatic carbocycles. The van der Waals surface area contributed by atoms with Crippen LogP contribution in [0.25, 0.3) is 52.8 Å². The van der Waals surface area contributed by atoms with Gasteiger partial charge >= 0.3 is 12.7 Å². The van der Waals surface area contributed by atoms with Crippen LogP contribution in [0.3, 0.4) is 0 Å². The van der Waals surface area contributed by atoms with Crippen molar-refractivity contribution in [2.45, 2.75) is 12.7 Å². The summed E-state index contributed by atoms with van der Waals surface area (Å²) in [6.07, 6.45) is -9.73. The molecular formula is C28H16F6N4O2S3. The fraction of sp³-hybridized carbons (Fsp3) is 0.0714. The summed E-state index contributed by atoms with van der Waals surface area (Å²) in [6.45, 7) is 0. The molecule has 0 aliphatic rings. The highest BCUT2D eigenvalue weighted by atomic mass is 32.1. The SMILES string of the molecule is Nc1c(N)c(-c2ccc(-c3ccccc3OC(F)(F)F)s2)c2nsnc2c1-c1ccc(-c2ccccc2OC(F)(F)F)s1. The average molecular weight is 651 g/mol. The lowest BCUT2D eigenvalue weighted by atomic mass is 10.0. The molecule has 0 amide bonds. The van der Waals surface area contributed by atoms with Gasteiger partial charge in [-0.1, -0.05) is 24.3 Å². The second-order valence-electron chi connectivity index (χ2n) is 8.95. The van der Waals surface area contributed by atoms with Crippen molar-refractivity contribution in [1.82, 2.24) is 8.75 Å². The molecule has 3 heterocycles. The smallest absolute Gasteiger partial charge is 0.405 e. The van der Waals surface area contributed by atoms with Crippen molar-refractivity contribution in [3.8, 4) is 53.3 Å². The minimum Gasteiger partial charge on any atom is -0.405 e. The Kier molecular flexibility index (Phi) is 7.18. The van der Waals surface area contributed by atoms with E-state index in [0.29, 0.717) is 41.7 Å². The summed E-state index contributed by atoms with van der Waals surface area (Å²) in [5.41, 5.74) is 15.7. The molecule has 0 fully saturated rings. The molecule has 6 rings (SSSR count). The molecule has 0 radical (unpaired) electrons. The van der Waals surface area contributed by atoms with Gasteiger partial charge < -0.3 is 20.9 Å². The molecule has 0 bridgehead atoms. The molecule has 6 nitrogen and oxygen atoms in total. The summed E-state index contributed by atoms with van der Waals surface area (Å²) < 4.78 is 95.2. The number of ether oxygens (including phenoxy) is 2. The first-order valence-electron chi connectivity index (χ1n) is 12.1. The summed E-state index contributed by atoms with van der Waals surface area (Å²) in [6, 6.07) is 18.3. The van der Waals surface area contributed by atoms with Crippen molar-refractivity contribution >= 4 is 56.8 Å². The highest BCUT2D eigenvalue weighted by molar-refractivity contribution is 7.19. The van der Waals surface area contributed by atoms with E-state index < -0.39 is 12.7 Å². The Morgan fingerprint density at radius 2 is 0.907 bits per heavy atom. The van der Waals surface area contributed by atoms with Gasteiger partial charge in [0.25, 0.3) is 0 Å². The molecule has 43 heavy (non-hydrogen) atoms. The van der Waals surface area contributed by atoms with E-state index in [1.54, 1.807) is 36.4 Å². The number of aromatic nitrogens is 2. The first-order chi connectivity index (χ1) is 20.4. The molecule has 3 aromatic heterocycles. The molecule has 0 unspecified atom stereocenters. The third-order valence-electron chi connectivity index (χ3n) is 6.25. The Morgan fingerprint density at radius 3 is 1.30 bits per heavy atom. The van der Waals surface area contributed by atoms with Gasteiger partial charge in [-0.2, -0.15) is 8.75 Å². The second-order valence-corrected chi connectivity index (χ2v) is 11.7. The number of halogens is 6. The Labute approximate surface area is 251 Å². The van der Waals surface area contributed by atoms with E-state index in [1.807, 2.05) is 0 Å². The minimum absolute atomic E-state index is 0.180. The van der Waals surface area contributed by atoms with E-state index in [1.165, 1.54) is 59.1 Å². The first kappa shape index (κ1) is 28.8. The van der Waals surface area contributed by atoms with Crippen molar-refractivity contribution in [1.29, 1.82) is 0 Å². The molecule has 0 aliphatic heterocycles. The van der Waals surface area contributed by atoms with Crippen molar-refractivity contribution in [2.24, 2.45) is 0 Å². The summed E-state index contributed by atoms with van der Waals surface area (Å²) in [7, 11) is 0. The van der Waals surface area contributed by atoms with Crippen LogP contribution in [0.4, 0.5) is 37.7 Å². The Balaban J connectivity index is 1.42.